The molecule has 0 atom stereocenters. The Hall–Kier alpha value is -4.10. The summed E-state index contributed by atoms with van der Waals surface area (Å²) in [6.07, 6.45) is 0. The van der Waals surface area contributed by atoms with Gasteiger partial charge in [0.15, 0.2) is 0 Å². The number of amides is 3. The summed E-state index contributed by atoms with van der Waals surface area (Å²) in [5, 5.41) is 5.53. The van der Waals surface area contributed by atoms with Crippen LogP contribution in [0.1, 0.15) is 15.9 Å². The fraction of sp³-hybridized carbons (Fsp3) is 0.0800. The number of hydrogen-bond acceptors (Lipinski definition) is 5. The molecule has 166 valence electrons. The summed E-state index contributed by atoms with van der Waals surface area (Å²) >= 11 is 6.20. The van der Waals surface area contributed by atoms with Crippen LogP contribution < -0.4 is 20.3 Å². The molecular weight excluding hydrogens is 442 g/mol. The fourth-order valence-corrected chi connectivity index (χ4v) is 3.58. The molecule has 0 aliphatic carbocycles. The highest BCUT2D eigenvalue weighted by molar-refractivity contribution is 6.53. The quantitative estimate of drug-likeness (QED) is 0.520. The minimum absolute atomic E-state index is 0.0612. The van der Waals surface area contributed by atoms with Crippen LogP contribution in [-0.2, 0) is 9.59 Å². The average Bonchev–Trinajstić information content (AvgIpc) is 3.04. The summed E-state index contributed by atoms with van der Waals surface area (Å²) in [7, 11) is 1.52. The van der Waals surface area contributed by atoms with Crippen LogP contribution >= 0.6 is 11.6 Å². The van der Waals surface area contributed by atoms with Crippen LogP contribution in [0.5, 0.6) is 5.75 Å². The number of carbonyl (C=O) groups excluding carboxylic acids is 3. The molecule has 3 aromatic rings. The SMILES string of the molecule is COc1ccc(N2C(=O)C(Cl)=C(Nc3cccc(C(=O)Nc4ccccc4C)c3)C2=O)cc1. The normalized spacial score (nSPS) is 13.4. The van der Waals surface area contributed by atoms with Crippen LogP contribution in [0.15, 0.2) is 83.5 Å². The Bertz CT molecular complexity index is 1280. The van der Waals surface area contributed by atoms with E-state index in [0.29, 0.717) is 28.4 Å². The number of imide groups is 1. The van der Waals surface area contributed by atoms with Crippen molar-refractivity contribution in [1.82, 2.24) is 0 Å². The van der Waals surface area contributed by atoms with Crippen molar-refractivity contribution < 1.29 is 19.1 Å². The molecule has 0 spiro atoms. The molecule has 0 saturated carbocycles. The number of hydrogen-bond donors (Lipinski definition) is 2. The molecule has 33 heavy (non-hydrogen) atoms. The Morgan fingerprint density at radius 1 is 0.939 bits per heavy atom. The molecule has 3 amide bonds. The third kappa shape index (κ3) is 4.44. The van der Waals surface area contributed by atoms with E-state index in [-0.39, 0.29) is 16.6 Å². The van der Waals surface area contributed by atoms with Crippen molar-refractivity contribution in [2.24, 2.45) is 0 Å². The van der Waals surface area contributed by atoms with Gasteiger partial charge in [0.1, 0.15) is 16.5 Å². The molecule has 3 aromatic carbocycles. The molecule has 1 aliphatic heterocycles. The maximum atomic E-state index is 13.0. The molecule has 0 unspecified atom stereocenters. The second-order valence-corrected chi connectivity index (χ2v) is 7.69. The number of halogens is 1. The Kier molecular flexibility index (Phi) is 6.15. The van der Waals surface area contributed by atoms with E-state index in [2.05, 4.69) is 10.6 Å². The molecule has 0 radical (unpaired) electrons. The number of para-hydroxylation sites is 1. The second-order valence-electron chi connectivity index (χ2n) is 7.31. The first kappa shape index (κ1) is 22.1. The molecule has 1 heterocycles. The molecule has 0 saturated heterocycles. The van der Waals surface area contributed by atoms with Gasteiger partial charge in [-0.15, -0.1) is 0 Å². The molecule has 0 bridgehead atoms. The lowest BCUT2D eigenvalue weighted by Crippen LogP contribution is -2.32. The lowest BCUT2D eigenvalue weighted by atomic mass is 10.1. The van der Waals surface area contributed by atoms with Crippen molar-refractivity contribution in [3.63, 3.8) is 0 Å². The zero-order valence-corrected chi connectivity index (χ0v) is 18.6. The first-order valence-corrected chi connectivity index (χ1v) is 10.4. The van der Waals surface area contributed by atoms with E-state index >= 15 is 0 Å². The topological polar surface area (TPSA) is 87.7 Å². The zero-order chi connectivity index (χ0) is 23.5. The van der Waals surface area contributed by atoms with Crippen molar-refractivity contribution in [1.29, 1.82) is 0 Å². The van der Waals surface area contributed by atoms with Gasteiger partial charge < -0.3 is 15.4 Å². The van der Waals surface area contributed by atoms with Crippen molar-refractivity contribution in [3.8, 4) is 5.75 Å². The molecule has 0 fully saturated rings. The summed E-state index contributed by atoms with van der Waals surface area (Å²) in [6, 6.07) is 20.5. The van der Waals surface area contributed by atoms with Crippen LogP contribution in [0.3, 0.4) is 0 Å². The predicted molar refractivity (Wildman–Crippen MR) is 128 cm³/mol. The van der Waals surface area contributed by atoms with Crippen LogP contribution in [0.4, 0.5) is 17.1 Å². The Morgan fingerprint density at radius 3 is 2.36 bits per heavy atom. The molecule has 1 aliphatic rings. The third-order valence-corrected chi connectivity index (χ3v) is 5.50. The molecular formula is C25H20ClN3O4. The number of nitrogens with zero attached hydrogens (tertiary/aromatic N) is 1. The maximum absolute atomic E-state index is 13.0. The molecule has 0 aromatic heterocycles. The Balaban J connectivity index is 1.54. The predicted octanol–water partition coefficient (Wildman–Crippen LogP) is 4.69. The maximum Gasteiger partial charge on any atom is 0.283 e. The van der Waals surface area contributed by atoms with Gasteiger partial charge in [-0.25, -0.2) is 4.90 Å². The third-order valence-electron chi connectivity index (χ3n) is 5.15. The highest BCUT2D eigenvalue weighted by Crippen LogP contribution is 2.31. The monoisotopic (exact) mass is 461 g/mol. The van der Waals surface area contributed by atoms with Gasteiger partial charge in [0.05, 0.1) is 12.8 Å². The van der Waals surface area contributed by atoms with Crippen LogP contribution in [0, 0.1) is 6.92 Å². The Labute approximate surface area is 195 Å². The number of ether oxygens (including phenoxy) is 1. The van der Waals surface area contributed by atoms with Gasteiger partial charge in [-0.3, -0.25) is 14.4 Å². The molecule has 2 N–H and O–H groups in total. The number of anilines is 3. The van der Waals surface area contributed by atoms with E-state index in [9.17, 15) is 14.4 Å². The van der Waals surface area contributed by atoms with Crippen LogP contribution in [0.25, 0.3) is 0 Å². The lowest BCUT2D eigenvalue weighted by Gasteiger charge is -2.15. The minimum Gasteiger partial charge on any atom is -0.497 e. The minimum atomic E-state index is -0.636. The van der Waals surface area contributed by atoms with E-state index in [1.165, 1.54) is 7.11 Å². The van der Waals surface area contributed by atoms with Crippen molar-refractivity contribution in [2.75, 3.05) is 22.6 Å². The summed E-state index contributed by atoms with van der Waals surface area (Å²) < 4.78 is 5.11. The van der Waals surface area contributed by atoms with Crippen LogP contribution in [0.2, 0.25) is 0 Å². The van der Waals surface area contributed by atoms with E-state index < -0.39 is 11.8 Å². The number of aryl methyl sites for hydroxylation is 1. The van der Waals surface area contributed by atoms with E-state index in [1.807, 2.05) is 31.2 Å². The largest absolute Gasteiger partial charge is 0.497 e. The first-order valence-electron chi connectivity index (χ1n) is 10.1. The molecule has 7 nitrogen and oxygen atoms in total. The number of methoxy groups -OCH3 is 1. The summed E-state index contributed by atoms with van der Waals surface area (Å²) in [6.45, 7) is 1.90. The van der Waals surface area contributed by atoms with E-state index in [4.69, 9.17) is 16.3 Å². The smallest absolute Gasteiger partial charge is 0.283 e. The highest BCUT2D eigenvalue weighted by Gasteiger charge is 2.39. The van der Waals surface area contributed by atoms with Crippen LogP contribution in [-0.4, -0.2) is 24.8 Å². The average molecular weight is 462 g/mol. The van der Waals surface area contributed by atoms with Crippen molar-refractivity contribution in [2.45, 2.75) is 6.92 Å². The second kappa shape index (κ2) is 9.18. The lowest BCUT2D eigenvalue weighted by molar-refractivity contribution is -0.120. The van der Waals surface area contributed by atoms with E-state index in [0.717, 1.165) is 10.5 Å². The van der Waals surface area contributed by atoms with Crippen molar-refractivity contribution >= 4 is 46.4 Å². The zero-order valence-electron chi connectivity index (χ0n) is 17.9. The fourth-order valence-electron chi connectivity index (χ4n) is 3.37. The number of rotatable bonds is 6. The van der Waals surface area contributed by atoms with Gasteiger partial charge in [0.25, 0.3) is 17.7 Å². The summed E-state index contributed by atoms with van der Waals surface area (Å²) in [4.78, 5) is 39.3. The highest BCUT2D eigenvalue weighted by atomic mass is 35.5. The number of benzene rings is 3. The molecule has 4 rings (SSSR count). The first-order chi connectivity index (χ1) is 15.9. The standard InChI is InChI=1S/C25H20ClN3O4/c1-15-6-3-4-9-20(15)28-23(30)16-7-5-8-17(14-16)27-22-21(26)24(31)29(25(22)32)18-10-12-19(33-2)13-11-18/h3-14,27H,1-2H3,(H,28,30). The molecule has 8 heteroatoms. The van der Waals surface area contributed by atoms with Gasteiger partial charge >= 0.3 is 0 Å². The summed E-state index contributed by atoms with van der Waals surface area (Å²) in [5.41, 5.74) is 2.77. The number of nitrogens with one attached hydrogen (secondary N) is 2. The van der Waals surface area contributed by atoms with Crippen molar-refractivity contribution in [3.05, 3.63) is 94.7 Å². The van der Waals surface area contributed by atoms with Gasteiger partial charge in [-0.1, -0.05) is 35.9 Å². The van der Waals surface area contributed by atoms with Gasteiger partial charge in [0.2, 0.25) is 0 Å². The van der Waals surface area contributed by atoms with Gasteiger partial charge in [-0.2, -0.15) is 0 Å². The summed E-state index contributed by atoms with van der Waals surface area (Å²) in [5.74, 6) is -0.939. The van der Waals surface area contributed by atoms with Gasteiger partial charge in [-0.05, 0) is 61.0 Å². The number of carbonyl (C=O) groups is 3. The van der Waals surface area contributed by atoms with E-state index in [1.54, 1.807) is 48.5 Å². The Morgan fingerprint density at radius 2 is 1.67 bits per heavy atom. The van der Waals surface area contributed by atoms with Gasteiger partial charge in [0, 0.05) is 16.9 Å².